The quantitative estimate of drug-likeness (QED) is 0.140. The first kappa shape index (κ1) is 29.3. The number of hydrogen-bond acceptors (Lipinski definition) is 8. The van der Waals surface area contributed by atoms with E-state index in [-0.39, 0.29) is 40.5 Å². The highest BCUT2D eigenvalue weighted by Crippen LogP contribution is 2.32. The number of esters is 1. The molecule has 44 heavy (non-hydrogen) atoms. The molecule has 8 nitrogen and oxygen atoms in total. The first-order valence-corrected chi connectivity index (χ1v) is 14.2. The summed E-state index contributed by atoms with van der Waals surface area (Å²) in [5.74, 6) is -3.68. The van der Waals surface area contributed by atoms with Gasteiger partial charge in [-0.3, -0.25) is 0 Å². The molecule has 5 aromatic rings. The van der Waals surface area contributed by atoms with Crippen LogP contribution >= 0.6 is 11.3 Å². The molecular formula is C31H22F4N4O4S. The van der Waals surface area contributed by atoms with Gasteiger partial charge >= 0.3 is 5.97 Å². The van der Waals surface area contributed by atoms with Crippen LogP contribution in [-0.2, 0) is 29.0 Å². The highest BCUT2D eigenvalue weighted by Gasteiger charge is 2.25. The lowest BCUT2D eigenvalue weighted by molar-refractivity contribution is -0.0589. The first-order valence-electron chi connectivity index (χ1n) is 13.4. The van der Waals surface area contributed by atoms with Gasteiger partial charge in [-0.25, -0.2) is 32.3 Å². The lowest BCUT2D eigenvalue weighted by atomic mass is 10.0. The third-order valence-electron chi connectivity index (χ3n) is 7.21. The number of ether oxygens (including phenoxy) is 3. The summed E-state index contributed by atoms with van der Waals surface area (Å²) in [4.78, 5) is 21.6. The van der Waals surface area contributed by atoms with Gasteiger partial charge < -0.3 is 18.8 Å². The molecule has 2 aromatic carbocycles. The summed E-state index contributed by atoms with van der Waals surface area (Å²) in [5.41, 5.74) is 0.549. The molecule has 1 atom stereocenters. The zero-order valence-corrected chi connectivity index (χ0v) is 23.9. The Morgan fingerprint density at radius 2 is 1.84 bits per heavy atom. The minimum atomic E-state index is -0.877. The molecule has 0 amide bonds. The molecule has 0 N–H and O–H groups in total. The number of carbonyl (C=O) groups excluding carboxylic acids is 1. The van der Waals surface area contributed by atoms with Crippen molar-refractivity contribution in [1.82, 2.24) is 14.5 Å². The molecule has 1 saturated heterocycles. The summed E-state index contributed by atoms with van der Waals surface area (Å²) in [5, 5.41) is 8.89. The Labute approximate surface area is 252 Å². The van der Waals surface area contributed by atoms with E-state index in [1.807, 2.05) is 10.6 Å². The Kier molecular flexibility index (Phi) is 8.03. The van der Waals surface area contributed by atoms with Gasteiger partial charge in [-0.15, -0.1) is 11.3 Å². The monoisotopic (exact) mass is 622 g/mol. The maximum Gasteiger partial charge on any atom is 0.348 e. The van der Waals surface area contributed by atoms with Crippen LogP contribution < -0.4 is 4.74 Å². The summed E-state index contributed by atoms with van der Waals surface area (Å²) in [6, 6.07) is 11.4. The fourth-order valence-electron chi connectivity index (χ4n) is 4.78. The Morgan fingerprint density at radius 3 is 2.55 bits per heavy atom. The average Bonchev–Trinajstić information content (AvgIpc) is 3.54. The molecule has 6 rings (SSSR count). The predicted molar refractivity (Wildman–Crippen MR) is 151 cm³/mol. The number of fused-ring (bicyclic) bond motifs is 1. The van der Waals surface area contributed by atoms with Crippen LogP contribution in [0.4, 0.5) is 17.6 Å². The third kappa shape index (κ3) is 5.73. The third-order valence-corrected chi connectivity index (χ3v) is 8.21. The lowest BCUT2D eigenvalue weighted by Crippen LogP contribution is -2.31. The molecule has 1 fully saturated rings. The highest BCUT2D eigenvalue weighted by molar-refractivity contribution is 7.20. The zero-order chi connectivity index (χ0) is 31.0. The van der Waals surface area contributed by atoms with Crippen LogP contribution in [-0.4, -0.2) is 40.3 Å². The van der Waals surface area contributed by atoms with Crippen molar-refractivity contribution in [3.63, 3.8) is 0 Å². The van der Waals surface area contributed by atoms with Gasteiger partial charge in [0, 0.05) is 24.2 Å². The molecule has 1 aliphatic rings. The smallest absolute Gasteiger partial charge is 0.348 e. The molecular weight excluding hydrogens is 600 g/mol. The molecule has 0 bridgehead atoms. The van der Waals surface area contributed by atoms with Crippen LogP contribution in [0.5, 0.6) is 5.88 Å². The van der Waals surface area contributed by atoms with Gasteiger partial charge in [-0.05, 0) is 54.4 Å². The number of thiophene rings is 1. The van der Waals surface area contributed by atoms with Crippen LogP contribution in [0.3, 0.4) is 0 Å². The molecule has 0 unspecified atom stereocenters. The maximum atomic E-state index is 15.4. The number of rotatable bonds is 9. The van der Waals surface area contributed by atoms with E-state index in [0.29, 0.717) is 34.2 Å². The summed E-state index contributed by atoms with van der Waals surface area (Å²) >= 11 is 1.14. The van der Waals surface area contributed by atoms with Crippen LogP contribution in [0, 0.1) is 34.6 Å². The molecule has 4 heterocycles. The van der Waals surface area contributed by atoms with Gasteiger partial charge in [-0.1, -0.05) is 6.07 Å². The van der Waals surface area contributed by atoms with Crippen molar-refractivity contribution in [3.8, 4) is 23.2 Å². The predicted octanol–water partition coefficient (Wildman–Crippen LogP) is 6.33. The number of methoxy groups -OCH3 is 1. The van der Waals surface area contributed by atoms with Crippen LogP contribution in [0.1, 0.15) is 38.6 Å². The molecule has 224 valence electrons. The van der Waals surface area contributed by atoms with Crippen molar-refractivity contribution in [2.24, 2.45) is 0 Å². The Hall–Kier alpha value is -4.80. The van der Waals surface area contributed by atoms with Crippen molar-refractivity contribution in [2.75, 3.05) is 13.7 Å². The van der Waals surface area contributed by atoms with E-state index in [1.54, 1.807) is 6.07 Å². The summed E-state index contributed by atoms with van der Waals surface area (Å²) in [6.07, 6.45) is 0.723. The average molecular weight is 623 g/mol. The number of imidazole rings is 1. The van der Waals surface area contributed by atoms with Crippen molar-refractivity contribution in [1.29, 1.82) is 5.26 Å². The summed E-state index contributed by atoms with van der Waals surface area (Å²) in [7, 11) is 1.29. The first-order chi connectivity index (χ1) is 21.2. The van der Waals surface area contributed by atoms with Crippen molar-refractivity contribution in [2.45, 2.75) is 32.1 Å². The van der Waals surface area contributed by atoms with Gasteiger partial charge in [0.25, 0.3) is 5.88 Å². The topological polar surface area (TPSA) is 99.3 Å². The molecule has 13 heteroatoms. The number of pyridine rings is 1. The summed E-state index contributed by atoms with van der Waals surface area (Å²) < 4.78 is 77.1. The van der Waals surface area contributed by atoms with E-state index >= 15 is 8.78 Å². The fourth-order valence-corrected chi connectivity index (χ4v) is 5.75. The lowest BCUT2D eigenvalue weighted by Gasteiger charge is -2.27. The Morgan fingerprint density at radius 1 is 1.05 bits per heavy atom. The number of carbonyl (C=O) groups is 1. The fraction of sp³-hybridized carbons (Fsp3) is 0.226. The standard InChI is InChI=1S/C31H22F4N4O4S/c1-41-31(40)27-12-26-30(44-27)38-28(39(26)14-19-6-7-42-19)10-18-9-24(35)20(11-23(18)34)25-5-4-21(32)29(37-25)43-15-17-3-2-16(13-36)8-22(17)33/h2-5,8-9,11-12,19H,6-7,10,14-15H2,1H3/t19-/m0/s1. The second kappa shape index (κ2) is 12.1. The van der Waals surface area contributed by atoms with E-state index in [1.165, 1.54) is 25.3 Å². The highest BCUT2D eigenvalue weighted by atomic mass is 32.1. The number of nitriles is 1. The van der Waals surface area contributed by atoms with E-state index < -0.39 is 41.7 Å². The second-order valence-electron chi connectivity index (χ2n) is 10.0. The van der Waals surface area contributed by atoms with Crippen LogP contribution in [0.25, 0.3) is 21.6 Å². The second-order valence-corrected chi connectivity index (χ2v) is 11.0. The van der Waals surface area contributed by atoms with Gasteiger partial charge in [0.2, 0.25) is 0 Å². The van der Waals surface area contributed by atoms with Gasteiger partial charge in [0.05, 0.1) is 42.6 Å². The number of halogens is 4. The molecule has 3 aromatic heterocycles. The molecule has 0 saturated carbocycles. The number of aromatic nitrogens is 3. The van der Waals surface area contributed by atoms with Crippen molar-refractivity contribution in [3.05, 3.63) is 99.2 Å². The van der Waals surface area contributed by atoms with Gasteiger partial charge in [0.15, 0.2) is 5.82 Å². The zero-order valence-electron chi connectivity index (χ0n) is 23.1. The molecule has 1 aliphatic heterocycles. The number of benzene rings is 2. The van der Waals surface area contributed by atoms with Crippen molar-refractivity contribution < 1.29 is 36.6 Å². The van der Waals surface area contributed by atoms with E-state index in [2.05, 4.69) is 9.97 Å². The van der Waals surface area contributed by atoms with Crippen LogP contribution in [0.15, 0.2) is 48.5 Å². The van der Waals surface area contributed by atoms with E-state index in [4.69, 9.17) is 19.5 Å². The molecule has 0 radical (unpaired) electrons. The minimum absolute atomic E-state index is 0.0303. The summed E-state index contributed by atoms with van der Waals surface area (Å²) in [6.45, 7) is 0.657. The van der Waals surface area contributed by atoms with E-state index in [0.717, 1.165) is 42.0 Å². The Bertz CT molecular complexity index is 1950. The Balaban J connectivity index is 1.26. The normalized spacial score (nSPS) is 14.3. The number of hydrogen-bond donors (Lipinski definition) is 0. The largest absolute Gasteiger partial charge is 0.471 e. The van der Waals surface area contributed by atoms with E-state index in [9.17, 15) is 13.6 Å². The SMILES string of the molecule is COC(=O)c1cc2c(nc(Cc3cc(F)c(-c4ccc(F)c(OCc5ccc(C#N)cc5F)n4)cc3F)n2C[C@@H]2CCO2)s1. The molecule has 0 aliphatic carbocycles. The van der Waals surface area contributed by atoms with Crippen LogP contribution in [0.2, 0.25) is 0 Å². The number of nitrogens with zero attached hydrogens (tertiary/aromatic N) is 4. The van der Waals surface area contributed by atoms with Crippen molar-refractivity contribution >= 4 is 27.7 Å². The van der Waals surface area contributed by atoms with Gasteiger partial charge in [0.1, 0.15) is 39.6 Å². The molecule has 0 spiro atoms. The minimum Gasteiger partial charge on any atom is -0.471 e. The maximum absolute atomic E-state index is 15.4. The van der Waals surface area contributed by atoms with Gasteiger partial charge in [-0.2, -0.15) is 5.26 Å².